The molecule has 2 heteroatoms. The normalized spacial score (nSPS) is 22.1. The fourth-order valence-corrected chi connectivity index (χ4v) is 14.1. The second kappa shape index (κ2) is 13.4. The molecule has 288 valence electrons. The smallest absolute Gasteiger partial charge is 0.0467 e. The molecule has 1 spiro atoms. The van der Waals surface area contributed by atoms with E-state index in [0.29, 0.717) is 0 Å². The summed E-state index contributed by atoms with van der Waals surface area (Å²) in [6.45, 7) is 0. The molecule has 5 aliphatic carbocycles. The van der Waals surface area contributed by atoms with E-state index in [9.17, 15) is 0 Å². The van der Waals surface area contributed by atoms with Crippen molar-refractivity contribution in [3.63, 3.8) is 0 Å². The fraction of sp³-hybridized carbons (Fsp3) is 0.172. The number of thiophene rings is 1. The van der Waals surface area contributed by atoms with Gasteiger partial charge in [-0.25, -0.2) is 0 Å². The van der Waals surface area contributed by atoms with Gasteiger partial charge in [0, 0.05) is 42.6 Å². The van der Waals surface area contributed by atoms with E-state index < -0.39 is 0 Å². The molecule has 0 N–H and O–H groups in total. The van der Waals surface area contributed by atoms with Crippen molar-refractivity contribution in [3.8, 4) is 44.5 Å². The highest BCUT2D eigenvalue weighted by molar-refractivity contribution is 7.25. The molecule has 4 saturated carbocycles. The number of hydrogen-bond donors (Lipinski definition) is 0. The second-order valence-electron chi connectivity index (χ2n) is 18.1. The Kier molecular flexibility index (Phi) is 7.73. The zero-order valence-electron chi connectivity index (χ0n) is 33.6. The van der Waals surface area contributed by atoms with Crippen molar-refractivity contribution in [1.29, 1.82) is 0 Å². The SMILES string of the molecule is c1ccc(-c2cccc(N(c3ccc(-c4ccccc4-c4cccc5sc6ccccc6c45)cc3)c3ccc4c(c3)C3(c5ccccc5-4)C4CC5CC(C4)CC3C5)c2)cc1. The number of hydrogen-bond acceptors (Lipinski definition) is 2. The monoisotopic (exact) mass is 787 g/mol. The Bertz CT molecular complexity index is 3090. The first-order valence-electron chi connectivity index (χ1n) is 22.0. The van der Waals surface area contributed by atoms with Crippen LogP contribution in [0.1, 0.15) is 43.2 Å². The number of anilines is 3. The van der Waals surface area contributed by atoms with Crippen LogP contribution in [0.2, 0.25) is 0 Å². The Labute approximate surface area is 356 Å². The zero-order valence-corrected chi connectivity index (χ0v) is 34.4. The van der Waals surface area contributed by atoms with E-state index in [1.807, 2.05) is 11.3 Å². The van der Waals surface area contributed by atoms with Gasteiger partial charge < -0.3 is 4.90 Å². The van der Waals surface area contributed by atoms with E-state index >= 15 is 0 Å². The van der Waals surface area contributed by atoms with Gasteiger partial charge in [-0.05, 0) is 160 Å². The summed E-state index contributed by atoms with van der Waals surface area (Å²) in [4.78, 5) is 2.52. The van der Waals surface area contributed by atoms with Crippen LogP contribution in [0, 0.1) is 23.7 Å². The minimum atomic E-state index is 0.108. The molecule has 0 aliphatic heterocycles. The van der Waals surface area contributed by atoms with Crippen LogP contribution >= 0.6 is 11.3 Å². The number of benzene rings is 8. The average molecular weight is 788 g/mol. The van der Waals surface area contributed by atoms with Crippen molar-refractivity contribution < 1.29 is 0 Å². The van der Waals surface area contributed by atoms with Crippen LogP contribution in [0.25, 0.3) is 64.7 Å². The van der Waals surface area contributed by atoms with Crippen LogP contribution in [0.3, 0.4) is 0 Å². The molecular weight excluding hydrogens is 743 g/mol. The number of fused-ring (bicyclic) bond motifs is 6. The third-order valence-corrected chi connectivity index (χ3v) is 16.2. The van der Waals surface area contributed by atoms with E-state index in [0.717, 1.165) is 23.7 Å². The molecule has 8 aromatic carbocycles. The average Bonchev–Trinajstić information content (AvgIpc) is 3.83. The zero-order chi connectivity index (χ0) is 39.4. The highest BCUT2D eigenvalue weighted by Gasteiger charge is 2.61. The molecule has 0 amide bonds. The van der Waals surface area contributed by atoms with Gasteiger partial charge in [-0.1, -0.05) is 140 Å². The van der Waals surface area contributed by atoms with Crippen LogP contribution < -0.4 is 4.90 Å². The maximum atomic E-state index is 2.63. The molecule has 4 fully saturated rings. The third kappa shape index (κ3) is 5.10. The first kappa shape index (κ1) is 34.6. The minimum absolute atomic E-state index is 0.108. The Morgan fingerprint density at radius 1 is 0.383 bits per heavy atom. The summed E-state index contributed by atoms with van der Waals surface area (Å²) in [5.74, 6) is 3.27. The highest BCUT2D eigenvalue weighted by atomic mass is 32.1. The lowest BCUT2D eigenvalue weighted by atomic mass is 9.43. The number of nitrogens with zero attached hydrogens (tertiary/aromatic N) is 1. The van der Waals surface area contributed by atoms with Gasteiger partial charge in [0.25, 0.3) is 0 Å². The van der Waals surface area contributed by atoms with Gasteiger partial charge in [0.05, 0.1) is 0 Å². The molecule has 0 atom stereocenters. The van der Waals surface area contributed by atoms with Crippen LogP contribution in [0.4, 0.5) is 17.1 Å². The standard InChI is InChI=1S/C58H45NS/c1-2-12-39(13-3-1)41-14-10-15-45(35-41)59(46-28-29-50-49-18-6-8-21-53(49)58(54(50)36-46)42-31-37-30-38(33-42)34-43(58)32-37)44-26-24-40(25-27-44)47-16-4-5-17-48(47)51-20-11-23-56-57(51)52-19-7-9-22-55(52)60-56/h1-29,35-38,42-43H,30-34H2. The minimum Gasteiger partial charge on any atom is -0.310 e. The summed E-state index contributed by atoms with van der Waals surface area (Å²) in [6, 6.07) is 70.9. The Balaban J connectivity index is 0.963. The van der Waals surface area contributed by atoms with Crippen molar-refractivity contribution >= 4 is 48.6 Å². The van der Waals surface area contributed by atoms with Crippen molar-refractivity contribution in [1.82, 2.24) is 0 Å². The van der Waals surface area contributed by atoms with Crippen molar-refractivity contribution in [3.05, 3.63) is 199 Å². The molecule has 0 radical (unpaired) electrons. The summed E-state index contributed by atoms with van der Waals surface area (Å²) in [6.07, 6.45) is 6.99. The van der Waals surface area contributed by atoms with E-state index in [-0.39, 0.29) is 5.41 Å². The lowest BCUT2D eigenvalue weighted by Gasteiger charge is -2.61. The van der Waals surface area contributed by atoms with Gasteiger partial charge in [-0.3, -0.25) is 0 Å². The molecule has 0 saturated heterocycles. The summed E-state index contributed by atoms with van der Waals surface area (Å²) < 4.78 is 2.67. The topological polar surface area (TPSA) is 3.24 Å². The third-order valence-electron chi connectivity index (χ3n) is 15.1. The summed E-state index contributed by atoms with van der Waals surface area (Å²) in [5.41, 5.74) is 17.3. The number of rotatable bonds is 6. The molecule has 9 aromatic rings. The Hall–Kier alpha value is -6.22. The van der Waals surface area contributed by atoms with E-state index in [1.165, 1.54) is 114 Å². The Morgan fingerprint density at radius 3 is 1.80 bits per heavy atom. The predicted molar refractivity (Wildman–Crippen MR) is 254 cm³/mol. The first-order chi connectivity index (χ1) is 29.7. The van der Waals surface area contributed by atoms with Crippen molar-refractivity contribution in [2.75, 3.05) is 4.90 Å². The second-order valence-corrected chi connectivity index (χ2v) is 19.2. The lowest BCUT2D eigenvalue weighted by Crippen LogP contribution is -2.55. The molecule has 0 unspecified atom stereocenters. The summed E-state index contributed by atoms with van der Waals surface area (Å²) >= 11 is 1.88. The molecule has 1 heterocycles. The fourth-order valence-electron chi connectivity index (χ4n) is 12.9. The molecule has 4 bridgehead atoms. The summed E-state index contributed by atoms with van der Waals surface area (Å²) in [5, 5.41) is 2.68. The molecule has 14 rings (SSSR count). The Morgan fingerprint density at radius 2 is 0.983 bits per heavy atom. The molecule has 60 heavy (non-hydrogen) atoms. The van der Waals surface area contributed by atoms with Crippen LogP contribution in [-0.2, 0) is 5.41 Å². The van der Waals surface area contributed by atoms with Crippen LogP contribution in [0.5, 0.6) is 0 Å². The summed E-state index contributed by atoms with van der Waals surface area (Å²) in [7, 11) is 0. The van der Waals surface area contributed by atoms with Gasteiger partial charge in [0.2, 0.25) is 0 Å². The van der Waals surface area contributed by atoms with E-state index in [1.54, 1.807) is 11.1 Å². The molecule has 5 aliphatic rings. The van der Waals surface area contributed by atoms with Crippen molar-refractivity contribution in [2.24, 2.45) is 23.7 Å². The van der Waals surface area contributed by atoms with Gasteiger partial charge in [-0.15, -0.1) is 11.3 Å². The highest BCUT2D eigenvalue weighted by Crippen LogP contribution is 2.69. The van der Waals surface area contributed by atoms with Crippen LogP contribution in [0.15, 0.2) is 188 Å². The van der Waals surface area contributed by atoms with E-state index in [4.69, 9.17) is 0 Å². The van der Waals surface area contributed by atoms with Crippen molar-refractivity contribution in [2.45, 2.75) is 37.5 Å². The van der Waals surface area contributed by atoms with Crippen LogP contribution in [-0.4, -0.2) is 0 Å². The maximum Gasteiger partial charge on any atom is 0.0467 e. The van der Waals surface area contributed by atoms with Gasteiger partial charge in [-0.2, -0.15) is 0 Å². The molecule has 1 nitrogen and oxygen atoms in total. The lowest BCUT2D eigenvalue weighted by molar-refractivity contribution is -0.0399. The van der Waals surface area contributed by atoms with Gasteiger partial charge >= 0.3 is 0 Å². The van der Waals surface area contributed by atoms with Gasteiger partial charge in [0.1, 0.15) is 0 Å². The quantitative estimate of drug-likeness (QED) is 0.162. The first-order valence-corrected chi connectivity index (χ1v) is 22.8. The molecular formula is C58H45NS. The largest absolute Gasteiger partial charge is 0.310 e. The molecule has 1 aromatic heterocycles. The predicted octanol–water partition coefficient (Wildman–Crippen LogP) is 16.2. The van der Waals surface area contributed by atoms with Gasteiger partial charge in [0.15, 0.2) is 0 Å². The maximum absolute atomic E-state index is 2.63. The van der Waals surface area contributed by atoms with E-state index in [2.05, 4.69) is 193 Å².